The Morgan fingerprint density at radius 2 is 1.97 bits per heavy atom. The van der Waals surface area contributed by atoms with Crippen LogP contribution in [0.5, 0.6) is 0 Å². The van der Waals surface area contributed by atoms with Crippen LogP contribution >= 0.6 is 0 Å². The molecule has 38 heavy (non-hydrogen) atoms. The number of alkyl halides is 2. The van der Waals surface area contributed by atoms with Gasteiger partial charge in [-0.2, -0.15) is 5.10 Å². The number of amides is 1. The van der Waals surface area contributed by atoms with Gasteiger partial charge < -0.3 is 15.3 Å². The van der Waals surface area contributed by atoms with Crippen molar-refractivity contribution in [2.75, 3.05) is 37.7 Å². The van der Waals surface area contributed by atoms with Crippen molar-refractivity contribution in [3.8, 4) is 0 Å². The summed E-state index contributed by atoms with van der Waals surface area (Å²) in [6.45, 7) is 5.15. The van der Waals surface area contributed by atoms with Crippen LogP contribution in [-0.2, 0) is 0 Å². The van der Waals surface area contributed by atoms with Gasteiger partial charge in [0.1, 0.15) is 12.1 Å². The predicted molar refractivity (Wildman–Crippen MR) is 135 cm³/mol. The number of hydrogen-bond acceptors (Lipinski definition) is 6. The highest BCUT2D eigenvalue weighted by atomic mass is 19.3. The highest BCUT2D eigenvalue weighted by molar-refractivity contribution is 5.96. The molecule has 3 fully saturated rings. The third-order valence-corrected chi connectivity index (χ3v) is 8.77. The van der Waals surface area contributed by atoms with Gasteiger partial charge in [-0.15, -0.1) is 0 Å². The third-order valence-electron chi connectivity index (χ3n) is 8.77. The summed E-state index contributed by atoms with van der Waals surface area (Å²) >= 11 is 0. The molecule has 6 rings (SSSR count). The molecule has 0 spiro atoms. The van der Waals surface area contributed by atoms with E-state index in [1.165, 1.54) is 18.5 Å². The molecular formula is C27H31F3N6O2. The number of anilines is 1. The number of rotatable bonds is 7. The minimum absolute atomic E-state index is 0.00172. The first-order valence-corrected chi connectivity index (χ1v) is 13.1. The van der Waals surface area contributed by atoms with Crippen molar-refractivity contribution in [3.63, 3.8) is 0 Å². The largest absolute Gasteiger partial charge is 0.396 e. The van der Waals surface area contributed by atoms with Crippen molar-refractivity contribution < 1.29 is 23.1 Å². The quantitative estimate of drug-likeness (QED) is 0.488. The molecule has 8 nitrogen and oxygen atoms in total. The lowest BCUT2D eigenvalue weighted by Crippen LogP contribution is -2.50. The number of halogens is 3. The molecule has 2 saturated carbocycles. The van der Waals surface area contributed by atoms with Gasteiger partial charge in [-0.3, -0.25) is 9.69 Å². The van der Waals surface area contributed by atoms with E-state index in [9.17, 15) is 23.1 Å². The van der Waals surface area contributed by atoms with Gasteiger partial charge in [0, 0.05) is 50.6 Å². The van der Waals surface area contributed by atoms with Gasteiger partial charge in [0.05, 0.1) is 22.9 Å². The van der Waals surface area contributed by atoms with Crippen LogP contribution < -0.4 is 10.2 Å². The van der Waals surface area contributed by atoms with E-state index >= 15 is 0 Å². The van der Waals surface area contributed by atoms with E-state index < -0.39 is 29.8 Å². The Balaban J connectivity index is 1.17. The number of nitrogens with one attached hydrogen (secondary N) is 1. The molecule has 4 atom stereocenters. The number of fused-ring (bicyclic) bond motifs is 2. The number of aliphatic hydroxyl groups excluding tert-OH is 1. The van der Waals surface area contributed by atoms with Crippen molar-refractivity contribution in [2.24, 2.45) is 11.3 Å². The van der Waals surface area contributed by atoms with Crippen molar-refractivity contribution in [1.29, 1.82) is 0 Å². The summed E-state index contributed by atoms with van der Waals surface area (Å²) in [6.07, 6.45) is 3.44. The van der Waals surface area contributed by atoms with Crippen molar-refractivity contribution >= 4 is 17.2 Å². The van der Waals surface area contributed by atoms with Crippen LogP contribution in [0.4, 0.5) is 18.9 Å². The van der Waals surface area contributed by atoms with E-state index in [1.54, 1.807) is 23.7 Å². The van der Waals surface area contributed by atoms with Gasteiger partial charge >= 0.3 is 0 Å². The molecule has 2 aromatic heterocycles. The molecule has 1 aromatic carbocycles. The lowest BCUT2D eigenvalue weighted by atomic mass is 10.0. The van der Waals surface area contributed by atoms with Gasteiger partial charge in [-0.05, 0) is 43.6 Å². The monoisotopic (exact) mass is 528 g/mol. The fraction of sp³-hybridized carbons (Fsp3) is 0.519. The molecule has 1 aliphatic heterocycles. The van der Waals surface area contributed by atoms with Crippen LogP contribution in [0, 0.1) is 17.2 Å². The average Bonchev–Trinajstić information content (AvgIpc) is 3.23. The molecule has 3 heterocycles. The maximum absolute atomic E-state index is 14.6. The molecular weight excluding hydrogens is 497 g/mol. The second-order valence-corrected chi connectivity index (χ2v) is 10.9. The summed E-state index contributed by atoms with van der Waals surface area (Å²) in [5.74, 6) is -0.809. The van der Waals surface area contributed by atoms with Crippen LogP contribution in [-0.4, -0.2) is 69.3 Å². The van der Waals surface area contributed by atoms with E-state index in [-0.39, 0.29) is 17.6 Å². The minimum atomic E-state index is -2.94. The average molecular weight is 529 g/mol. The number of aromatic nitrogens is 3. The van der Waals surface area contributed by atoms with Crippen LogP contribution in [0.2, 0.25) is 0 Å². The zero-order chi connectivity index (χ0) is 26.6. The molecule has 0 bridgehead atoms. The van der Waals surface area contributed by atoms with Crippen molar-refractivity contribution in [1.82, 2.24) is 24.8 Å². The van der Waals surface area contributed by atoms with Gasteiger partial charge in [-0.25, -0.2) is 22.7 Å². The smallest absolute Gasteiger partial charge is 0.266 e. The first-order chi connectivity index (χ1) is 18.3. The number of pyridine rings is 1. The SMILES string of the molecule is C[C@@H](NC(=O)c1cc(N2CCN(C3CC4C[C@]4(CO)C3)CC2)c2ncnn2c1)c1cccc(C(F)F)c1F. The fourth-order valence-corrected chi connectivity index (χ4v) is 6.46. The van der Waals surface area contributed by atoms with Gasteiger partial charge in [-0.1, -0.05) is 18.2 Å². The number of nitrogens with zero attached hydrogens (tertiary/aromatic N) is 5. The Morgan fingerprint density at radius 3 is 2.68 bits per heavy atom. The Bertz CT molecular complexity index is 1350. The van der Waals surface area contributed by atoms with Crippen LogP contribution in [0.15, 0.2) is 36.8 Å². The first-order valence-electron chi connectivity index (χ1n) is 13.1. The molecule has 1 amide bonds. The second-order valence-electron chi connectivity index (χ2n) is 10.9. The van der Waals surface area contributed by atoms with Gasteiger partial charge in [0.2, 0.25) is 0 Å². The molecule has 2 N–H and O–H groups in total. The molecule has 0 radical (unpaired) electrons. The van der Waals surface area contributed by atoms with Crippen molar-refractivity contribution in [3.05, 3.63) is 59.3 Å². The molecule has 2 aliphatic carbocycles. The Morgan fingerprint density at radius 1 is 1.21 bits per heavy atom. The predicted octanol–water partition coefficient (Wildman–Crippen LogP) is 3.58. The fourth-order valence-electron chi connectivity index (χ4n) is 6.46. The van der Waals surface area contributed by atoms with E-state index in [0.717, 1.165) is 57.2 Å². The number of benzene rings is 1. The topological polar surface area (TPSA) is 86.0 Å². The lowest BCUT2D eigenvalue weighted by molar-refractivity contribution is 0.0938. The summed E-state index contributed by atoms with van der Waals surface area (Å²) in [6, 6.07) is 5.26. The summed E-state index contributed by atoms with van der Waals surface area (Å²) in [5, 5.41) is 16.7. The number of aliphatic hydroxyl groups is 1. The maximum atomic E-state index is 14.6. The van der Waals surface area contributed by atoms with Crippen LogP contribution in [0.1, 0.15) is 60.1 Å². The Kier molecular flexibility index (Phi) is 6.30. The lowest BCUT2D eigenvalue weighted by Gasteiger charge is -2.40. The second kappa shape index (κ2) is 9.53. The Labute approximate surface area is 218 Å². The van der Waals surface area contributed by atoms with E-state index in [2.05, 4.69) is 25.2 Å². The summed E-state index contributed by atoms with van der Waals surface area (Å²) in [5.41, 5.74) is 1.22. The molecule has 3 aromatic rings. The van der Waals surface area contributed by atoms with Crippen LogP contribution in [0.25, 0.3) is 5.65 Å². The minimum Gasteiger partial charge on any atom is -0.396 e. The summed E-state index contributed by atoms with van der Waals surface area (Å²) in [7, 11) is 0. The van der Waals surface area contributed by atoms with E-state index in [1.807, 2.05) is 0 Å². The van der Waals surface area contributed by atoms with Gasteiger partial charge in [0.25, 0.3) is 12.3 Å². The molecule has 202 valence electrons. The zero-order valence-corrected chi connectivity index (χ0v) is 21.2. The molecule has 1 saturated heterocycles. The molecule has 11 heteroatoms. The zero-order valence-electron chi connectivity index (χ0n) is 21.2. The number of carbonyl (C=O) groups is 1. The summed E-state index contributed by atoms with van der Waals surface area (Å²) in [4.78, 5) is 22.3. The van der Waals surface area contributed by atoms with Gasteiger partial charge in [0.15, 0.2) is 5.65 Å². The molecule has 2 unspecified atom stereocenters. The number of hydrogen-bond donors (Lipinski definition) is 2. The normalized spacial score (nSPS) is 26.1. The third kappa shape index (κ3) is 4.31. The van der Waals surface area contributed by atoms with Crippen molar-refractivity contribution in [2.45, 2.75) is 44.7 Å². The van der Waals surface area contributed by atoms with E-state index in [4.69, 9.17) is 0 Å². The molecule has 3 aliphatic rings. The standard InChI is InChI=1S/C27H31F3N6O2/c1-16(20-3-2-4-21(23(20)28)24(29)30)33-26(38)17-9-22(25-31-15-32-36(25)13-17)35-7-5-34(6-8-35)19-10-18-11-27(18,12-19)14-37/h2-4,9,13,15-16,18-19,24,37H,5-8,10-12,14H2,1H3,(H,33,38)/t16-,18?,19?,27-/m1/s1. The van der Waals surface area contributed by atoms with E-state index in [0.29, 0.717) is 23.2 Å². The van der Waals surface area contributed by atoms with Crippen LogP contribution in [0.3, 0.4) is 0 Å². The first kappa shape index (κ1) is 25.1. The summed E-state index contributed by atoms with van der Waals surface area (Å²) < 4.78 is 42.5. The highest BCUT2D eigenvalue weighted by Crippen LogP contribution is 2.64. The maximum Gasteiger partial charge on any atom is 0.266 e. The number of piperazine rings is 1. The number of carbonyl (C=O) groups excluding carboxylic acids is 1. The Hall–Kier alpha value is -3.18. The highest BCUT2D eigenvalue weighted by Gasteiger charge is 2.60.